The van der Waals surface area contributed by atoms with Gasteiger partial charge < -0.3 is 5.32 Å². The third-order valence-electron chi connectivity index (χ3n) is 7.12. The second-order valence-corrected chi connectivity index (χ2v) is 8.83. The Bertz CT molecular complexity index is 1200. The van der Waals surface area contributed by atoms with Crippen LogP contribution in [0.3, 0.4) is 0 Å². The van der Waals surface area contributed by atoms with Crippen LogP contribution in [0.2, 0.25) is 5.02 Å². The Hall–Kier alpha value is -2.84. The number of nitrogens with one attached hydrogen (secondary N) is 1. The van der Waals surface area contributed by atoms with Gasteiger partial charge in [0.25, 0.3) is 0 Å². The van der Waals surface area contributed by atoms with Crippen molar-refractivity contribution >= 4 is 40.7 Å². The van der Waals surface area contributed by atoms with Crippen molar-refractivity contribution in [3.05, 3.63) is 58.6 Å². The molecule has 0 radical (unpaired) electrons. The minimum absolute atomic E-state index is 0.161. The summed E-state index contributed by atoms with van der Waals surface area (Å²) in [6.07, 6.45) is 1.41. The van der Waals surface area contributed by atoms with Crippen LogP contribution in [0, 0.1) is 23.5 Å². The lowest BCUT2D eigenvalue weighted by Crippen LogP contribution is -2.54. The largest absolute Gasteiger partial charge is 0.324 e. The van der Waals surface area contributed by atoms with Crippen molar-refractivity contribution in [2.75, 3.05) is 16.8 Å². The van der Waals surface area contributed by atoms with E-state index in [1.54, 1.807) is 0 Å². The second kappa shape index (κ2) is 6.11. The Morgan fingerprint density at radius 3 is 2.65 bits per heavy atom. The van der Waals surface area contributed by atoms with Crippen LogP contribution in [-0.2, 0) is 19.9 Å². The molecular weight excluding hydrogens is 428 g/mol. The molecule has 2 aromatic rings. The van der Waals surface area contributed by atoms with Gasteiger partial charge in [-0.1, -0.05) is 11.6 Å². The van der Waals surface area contributed by atoms with Crippen molar-refractivity contribution in [3.63, 3.8) is 0 Å². The zero-order chi connectivity index (χ0) is 21.7. The van der Waals surface area contributed by atoms with Crippen molar-refractivity contribution in [3.8, 4) is 0 Å². The number of rotatable bonds is 1. The minimum Gasteiger partial charge on any atom is -0.324 e. The van der Waals surface area contributed by atoms with E-state index in [2.05, 4.69) is 5.32 Å². The van der Waals surface area contributed by atoms with Gasteiger partial charge in [0.1, 0.15) is 17.2 Å². The maximum atomic E-state index is 14.2. The molecule has 31 heavy (non-hydrogen) atoms. The maximum Gasteiger partial charge on any atom is 0.250 e. The predicted octanol–water partition coefficient (Wildman–Crippen LogP) is 3.05. The first-order valence-electron chi connectivity index (χ1n) is 10.1. The molecule has 3 saturated heterocycles. The van der Waals surface area contributed by atoms with Crippen molar-refractivity contribution < 1.29 is 23.2 Å². The number of benzene rings is 2. The highest BCUT2D eigenvalue weighted by Crippen LogP contribution is 2.60. The summed E-state index contributed by atoms with van der Waals surface area (Å²) >= 11 is 5.89. The van der Waals surface area contributed by atoms with Crippen molar-refractivity contribution in [2.45, 2.75) is 24.4 Å². The molecular formula is C22H16ClF2N3O3. The van der Waals surface area contributed by atoms with Gasteiger partial charge in [0.05, 0.1) is 22.5 Å². The molecule has 0 saturated carbocycles. The number of hydrogen-bond donors (Lipinski definition) is 1. The fourth-order valence-corrected chi connectivity index (χ4v) is 6.23. The summed E-state index contributed by atoms with van der Waals surface area (Å²) in [7, 11) is 0. The third kappa shape index (κ3) is 2.16. The number of hydrogen-bond acceptors (Lipinski definition) is 4. The molecule has 1 spiro atoms. The van der Waals surface area contributed by atoms with Gasteiger partial charge >= 0.3 is 0 Å². The fourth-order valence-electron chi connectivity index (χ4n) is 6.05. The van der Waals surface area contributed by atoms with Crippen molar-refractivity contribution in [1.82, 2.24) is 4.90 Å². The molecule has 4 aliphatic heterocycles. The Morgan fingerprint density at radius 1 is 1.06 bits per heavy atom. The van der Waals surface area contributed by atoms with E-state index in [4.69, 9.17) is 11.6 Å². The molecule has 4 atom stereocenters. The van der Waals surface area contributed by atoms with E-state index in [1.165, 1.54) is 30.3 Å². The van der Waals surface area contributed by atoms with E-state index >= 15 is 0 Å². The number of carbonyl (C=O) groups excluding carboxylic acids is 3. The van der Waals surface area contributed by atoms with Gasteiger partial charge in [-0.15, -0.1) is 0 Å². The third-order valence-corrected chi connectivity index (χ3v) is 7.41. The van der Waals surface area contributed by atoms with Crippen LogP contribution in [0.15, 0.2) is 36.4 Å². The fraction of sp³-hybridized carbons (Fsp3) is 0.318. The lowest BCUT2D eigenvalue weighted by Gasteiger charge is -2.36. The van der Waals surface area contributed by atoms with Gasteiger partial charge in [0.2, 0.25) is 17.7 Å². The normalized spacial score (nSPS) is 31.4. The molecule has 4 aliphatic rings. The molecule has 158 valence electrons. The predicted molar refractivity (Wildman–Crippen MR) is 107 cm³/mol. The summed E-state index contributed by atoms with van der Waals surface area (Å²) in [5.41, 5.74) is -0.458. The molecule has 3 fully saturated rings. The molecule has 6 rings (SSSR count). The summed E-state index contributed by atoms with van der Waals surface area (Å²) in [4.78, 5) is 43.5. The Kier molecular flexibility index (Phi) is 3.72. The number of nitrogens with zero attached hydrogens (tertiary/aromatic N) is 2. The van der Waals surface area contributed by atoms with E-state index in [0.717, 1.165) is 17.4 Å². The zero-order valence-electron chi connectivity index (χ0n) is 16.1. The number of fused-ring (bicyclic) bond motifs is 7. The smallest absolute Gasteiger partial charge is 0.250 e. The first-order valence-corrected chi connectivity index (χ1v) is 10.4. The minimum atomic E-state index is -1.45. The van der Waals surface area contributed by atoms with E-state index in [0.29, 0.717) is 24.2 Å². The number of halogens is 3. The highest BCUT2D eigenvalue weighted by molar-refractivity contribution is 6.32. The molecule has 1 N–H and O–H groups in total. The first-order chi connectivity index (χ1) is 14.9. The maximum absolute atomic E-state index is 14.2. The highest BCUT2D eigenvalue weighted by atomic mass is 35.5. The molecule has 3 amide bonds. The number of amides is 3. The summed E-state index contributed by atoms with van der Waals surface area (Å²) in [6, 6.07) is 7.34. The van der Waals surface area contributed by atoms with Gasteiger partial charge in [0, 0.05) is 17.3 Å². The molecule has 2 aromatic carbocycles. The van der Waals surface area contributed by atoms with Crippen LogP contribution >= 0.6 is 11.6 Å². The average Bonchev–Trinajstić information content (AvgIpc) is 3.43. The molecule has 0 unspecified atom stereocenters. The van der Waals surface area contributed by atoms with Crippen LogP contribution in [0.5, 0.6) is 0 Å². The monoisotopic (exact) mass is 443 g/mol. The van der Waals surface area contributed by atoms with Crippen molar-refractivity contribution in [1.29, 1.82) is 0 Å². The van der Waals surface area contributed by atoms with Gasteiger partial charge in [0.15, 0.2) is 0 Å². The number of carbonyl (C=O) groups is 3. The summed E-state index contributed by atoms with van der Waals surface area (Å²) in [6.45, 7) is 0.532. The molecule has 9 heteroatoms. The zero-order valence-corrected chi connectivity index (χ0v) is 16.8. The van der Waals surface area contributed by atoms with Crippen molar-refractivity contribution in [2.24, 2.45) is 11.8 Å². The topological polar surface area (TPSA) is 69.7 Å². The quantitative estimate of drug-likeness (QED) is 0.688. The molecule has 4 heterocycles. The molecule has 0 bridgehead atoms. The standard InChI is InChI=1S/C22H16ClF2N3O3/c23-13-9-11(4-5-14(13)25)28-19(29)17-16-2-1-7-27(16)22(18(17)20(28)30)12-8-10(24)3-6-15(12)26-21(22)31/h3-6,8-9,16-18H,1-2,7H2,(H,26,31)/t16-,17+,18-,22+/m0/s1. The van der Waals surface area contributed by atoms with Crippen LogP contribution in [0.1, 0.15) is 18.4 Å². The summed E-state index contributed by atoms with van der Waals surface area (Å²) in [5.74, 6) is -4.36. The lowest BCUT2D eigenvalue weighted by molar-refractivity contribution is -0.135. The molecule has 0 aromatic heterocycles. The van der Waals surface area contributed by atoms with Gasteiger partial charge in [-0.2, -0.15) is 0 Å². The van der Waals surface area contributed by atoms with E-state index in [-0.39, 0.29) is 16.8 Å². The van der Waals surface area contributed by atoms with E-state index < -0.39 is 46.7 Å². The Balaban J connectivity index is 1.56. The number of anilines is 2. The van der Waals surface area contributed by atoms with E-state index in [1.807, 2.05) is 4.90 Å². The lowest BCUT2D eigenvalue weighted by atomic mass is 9.75. The average molecular weight is 444 g/mol. The van der Waals surface area contributed by atoms with Crippen LogP contribution in [0.25, 0.3) is 0 Å². The Labute approximate surface area is 180 Å². The second-order valence-electron chi connectivity index (χ2n) is 8.43. The highest BCUT2D eigenvalue weighted by Gasteiger charge is 2.74. The molecule has 6 nitrogen and oxygen atoms in total. The SMILES string of the molecule is O=C1[C@H]2[C@@H](C(=O)N1c1ccc(F)c(Cl)c1)[C@]1(C(=O)Nc3ccc(F)cc31)N1CCC[C@@H]21. The van der Waals surface area contributed by atoms with Crippen LogP contribution in [-0.4, -0.2) is 35.2 Å². The summed E-state index contributed by atoms with van der Waals surface area (Å²) < 4.78 is 27.9. The van der Waals surface area contributed by atoms with Crippen LogP contribution < -0.4 is 10.2 Å². The van der Waals surface area contributed by atoms with Gasteiger partial charge in [-0.3, -0.25) is 19.3 Å². The summed E-state index contributed by atoms with van der Waals surface area (Å²) in [5, 5.41) is 2.58. The molecule has 0 aliphatic carbocycles. The van der Waals surface area contributed by atoms with Gasteiger partial charge in [-0.25, -0.2) is 13.7 Å². The van der Waals surface area contributed by atoms with Gasteiger partial charge in [-0.05, 0) is 55.8 Å². The Morgan fingerprint density at radius 2 is 1.87 bits per heavy atom. The number of imide groups is 1. The first kappa shape index (κ1) is 18.9. The van der Waals surface area contributed by atoms with E-state index in [9.17, 15) is 23.2 Å². The van der Waals surface area contributed by atoms with Crippen LogP contribution in [0.4, 0.5) is 20.2 Å².